The van der Waals surface area contributed by atoms with E-state index in [4.69, 9.17) is 0 Å². The van der Waals surface area contributed by atoms with Crippen molar-refractivity contribution in [3.8, 4) is 0 Å². The first-order valence-corrected chi connectivity index (χ1v) is 6.27. The molecule has 0 unspecified atom stereocenters. The van der Waals surface area contributed by atoms with Crippen LogP contribution < -0.4 is 5.32 Å². The number of rotatable bonds is 2. The van der Waals surface area contributed by atoms with E-state index in [1.54, 1.807) is 12.1 Å². The molecule has 0 aliphatic carbocycles. The second kappa shape index (κ2) is 4.76. The summed E-state index contributed by atoms with van der Waals surface area (Å²) in [6, 6.07) is 6.27. The Labute approximate surface area is 105 Å². The highest BCUT2D eigenvalue weighted by Gasteiger charge is 2.14. The minimum absolute atomic E-state index is 0.236. The normalized spacial score (nSPS) is 14.9. The van der Waals surface area contributed by atoms with Gasteiger partial charge in [-0.3, -0.25) is 4.57 Å². The second-order valence-corrected chi connectivity index (χ2v) is 4.53. The number of nitrogens with zero attached hydrogens (tertiary/aromatic N) is 3. The monoisotopic (exact) mass is 246 g/mol. The second-order valence-electron chi connectivity index (χ2n) is 4.53. The van der Waals surface area contributed by atoms with Gasteiger partial charge in [-0.2, -0.15) is 0 Å². The average Bonchev–Trinajstić information content (AvgIpc) is 2.62. The molecule has 1 aliphatic heterocycles. The van der Waals surface area contributed by atoms with E-state index in [-0.39, 0.29) is 5.82 Å². The van der Waals surface area contributed by atoms with Gasteiger partial charge in [0.15, 0.2) is 0 Å². The van der Waals surface area contributed by atoms with Gasteiger partial charge < -0.3 is 5.32 Å². The first-order chi connectivity index (χ1) is 8.83. The lowest BCUT2D eigenvalue weighted by atomic mass is 10.2. The van der Waals surface area contributed by atoms with E-state index >= 15 is 0 Å². The van der Waals surface area contributed by atoms with Gasteiger partial charge in [0.05, 0.1) is 0 Å². The molecule has 1 N–H and O–H groups in total. The van der Waals surface area contributed by atoms with Crippen LogP contribution in [0.5, 0.6) is 0 Å². The Bertz CT molecular complexity index is 532. The molecule has 0 radical (unpaired) electrons. The lowest BCUT2D eigenvalue weighted by Gasteiger charge is -2.08. The first-order valence-electron chi connectivity index (χ1n) is 6.27. The smallest absolute Gasteiger partial charge is 0.229 e. The summed E-state index contributed by atoms with van der Waals surface area (Å²) in [5.74, 6) is 1.55. The van der Waals surface area contributed by atoms with Crippen LogP contribution in [-0.4, -0.2) is 14.8 Å². The summed E-state index contributed by atoms with van der Waals surface area (Å²) < 4.78 is 15.0. The van der Waals surface area contributed by atoms with Gasteiger partial charge in [0.1, 0.15) is 11.6 Å². The van der Waals surface area contributed by atoms with Gasteiger partial charge in [0, 0.05) is 18.7 Å². The van der Waals surface area contributed by atoms with E-state index in [1.807, 2.05) is 0 Å². The van der Waals surface area contributed by atoms with Gasteiger partial charge in [0.25, 0.3) is 0 Å². The van der Waals surface area contributed by atoms with Crippen LogP contribution in [0.1, 0.15) is 25.1 Å². The molecule has 0 fully saturated rings. The molecule has 0 spiro atoms. The maximum absolute atomic E-state index is 12.8. The molecule has 5 heteroatoms. The topological polar surface area (TPSA) is 42.7 Å². The summed E-state index contributed by atoms with van der Waals surface area (Å²) >= 11 is 0. The lowest BCUT2D eigenvalue weighted by Crippen LogP contribution is -2.05. The fourth-order valence-corrected chi connectivity index (χ4v) is 2.24. The van der Waals surface area contributed by atoms with Gasteiger partial charge in [-0.1, -0.05) is 6.42 Å². The van der Waals surface area contributed by atoms with E-state index in [1.165, 1.54) is 25.0 Å². The summed E-state index contributed by atoms with van der Waals surface area (Å²) in [6.45, 7) is 0.950. The van der Waals surface area contributed by atoms with E-state index in [0.29, 0.717) is 0 Å². The quantitative estimate of drug-likeness (QED) is 0.886. The van der Waals surface area contributed by atoms with Crippen LogP contribution in [0.15, 0.2) is 24.3 Å². The molecule has 1 aliphatic rings. The fourth-order valence-electron chi connectivity index (χ4n) is 2.24. The Morgan fingerprint density at radius 3 is 2.72 bits per heavy atom. The zero-order valence-electron chi connectivity index (χ0n) is 10.1. The Morgan fingerprint density at radius 2 is 1.89 bits per heavy atom. The van der Waals surface area contributed by atoms with Crippen LogP contribution in [0.2, 0.25) is 0 Å². The summed E-state index contributed by atoms with van der Waals surface area (Å²) in [4.78, 5) is 0. The van der Waals surface area contributed by atoms with Gasteiger partial charge in [-0.15, -0.1) is 10.2 Å². The van der Waals surface area contributed by atoms with Gasteiger partial charge in [0.2, 0.25) is 5.95 Å². The number of aryl methyl sites for hydroxylation is 1. The van der Waals surface area contributed by atoms with E-state index in [0.717, 1.165) is 36.8 Å². The van der Waals surface area contributed by atoms with Crippen molar-refractivity contribution in [2.75, 3.05) is 5.32 Å². The largest absolute Gasteiger partial charge is 0.324 e. The van der Waals surface area contributed by atoms with Crippen LogP contribution >= 0.6 is 0 Å². The number of aromatic nitrogens is 3. The highest BCUT2D eigenvalue weighted by Crippen LogP contribution is 2.20. The van der Waals surface area contributed by atoms with Gasteiger partial charge in [-0.25, -0.2) is 4.39 Å². The molecule has 0 bridgehead atoms. The van der Waals surface area contributed by atoms with Crippen molar-refractivity contribution < 1.29 is 4.39 Å². The molecule has 4 nitrogen and oxygen atoms in total. The van der Waals surface area contributed by atoms with Gasteiger partial charge >= 0.3 is 0 Å². The summed E-state index contributed by atoms with van der Waals surface area (Å²) in [5, 5.41) is 11.6. The highest BCUT2D eigenvalue weighted by atomic mass is 19.1. The number of hydrogen-bond acceptors (Lipinski definition) is 3. The summed E-state index contributed by atoms with van der Waals surface area (Å²) in [5.41, 5.74) is 0.829. The molecule has 1 aromatic carbocycles. The summed E-state index contributed by atoms with van der Waals surface area (Å²) in [6.07, 6.45) is 4.55. The predicted octanol–water partition coefficient (Wildman–Crippen LogP) is 2.89. The number of nitrogens with one attached hydrogen (secondary N) is 1. The van der Waals surface area contributed by atoms with Crippen LogP contribution in [0, 0.1) is 5.82 Å². The Kier molecular flexibility index (Phi) is 2.96. The van der Waals surface area contributed by atoms with Crippen molar-refractivity contribution >= 4 is 11.6 Å². The van der Waals surface area contributed by atoms with Crippen molar-refractivity contribution in [2.45, 2.75) is 32.2 Å². The van der Waals surface area contributed by atoms with Crippen molar-refractivity contribution in [3.05, 3.63) is 35.9 Å². The van der Waals surface area contributed by atoms with Gasteiger partial charge in [-0.05, 0) is 37.1 Å². The molecule has 94 valence electrons. The number of benzene rings is 1. The van der Waals surface area contributed by atoms with Crippen LogP contribution in [0.3, 0.4) is 0 Å². The zero-order chi connectivity index (χ0) is 12.4. The van der Waals surface area contributed by atoms with E-state index in [2.05, 4.69) is 20.1 Å². The summed E-state index contributed by atoms with van der Waals surface area (Å²) in [7, 11) is 0. The highest BCUT2D eigenvalue weighted by molar-refractivity contribution is 5.53. The van der Waals surface area contributed by atoms with Crippen LogP contribution in [0.4, 0.5) is 16.0 Å². The standard InChI is InChI=1S/C13H15FN4/c14-10-5-7-11(8-6-10)15-13-17-16-12-4-2-1-3-9-18(12)13/h5-8H,1-4,9H2,(H,15,17). The third kappa shape index (κ3) is 2.20. The maximum Gasteiger partial charge on any atom is 0.229 e. The van der Waals surface area contributed by atoms with E-state index in [9.17, 15) is 4.39 Å². The molecule has 3 rings (SSSR count). The average molecular weight is 246 g/mol. The predicted molar refractivity (Wildman–Crippen MR) is 67.3 cm³/mol. The Balaban J connectivity index is 1.84. The molecule has 0 saturated carbocycles. The number of halogens is 1. The molecule has 0 atom stereocenters. The Morgan fingerprint density at radius 1 is 1.06 bits per heavy atom. The molecular weight excluding hydrogens is 231 g/mol. The van der Waals surface area contributed by atoms with Crippen LogP contribution in [-0.2, 0) is 13.0 Å². The van der Waals surface area contributed by atoms with Crippen molar-refractivity contribution in [1.29, 1.82) is 0 Å². The number of hydrogen-bond donors (Lipinski definition) is 1. The maximum atomic E-state index is 12.8. The molecular formula is C13H15FN4. The number of fused-ring (bicyclic) bond motifs is 1. The van der Waals surface area contributed by atoms with Crippen LogP contribution in [0.25, 0.3) is 0 Å². The third-order valence-corrected chi connectivity index (χ3v) is 3.21. The molecule has 2 aromatic rings. The van der Waals surface area contributed by atoms with Crippen molar-refractivity contribution in [1.82, 2.24) is 14.8 Å². The molecule has 2 heterocycles. The van der Waals surface area contributed by atoms with Crippen molar-refractivity contribution in [3.63, 3.8) is 0 Å². The van der Waals surface area contributed by atoms with Crippen molar-refractivity contribution in [2.24, 2.45) is 0 Å². The SMILES string of the molecule is Fc1ccc(Nc2nnc3n2CCCCC3)cc1. The van der Waals surface area contributed by atoms with E-state index < -0.39 is 0 Å². The molecule has 0 amide bonds. The zero-order valence-corrected chi connectivity index (χ0v) is 10.1. The Hall–Kier alpha value is -1.91. The first kappa shape index (κ1) is 11.2. The fraction of sp³-hybridized carbons (Fsp3) is 0.385. The molecule has 1 aromatic heterocycles. The molecule has 18 heavy (non-hydrogen) atoms. The lowest BCUT2D eigenvalue weighted by molar-refractivity contribution is 0.628. The number of anilines is 2. The molecule has 0 saturated heterocycles. The third-order valence-electron chi connectivity index (χ3n) is 3.21. The minimum atomic E-state index is -0.236. The minimum Gasteiger partial charge on any atom is -0.324 e.